The molecule has 0 bridgehead atoms. The van der Waals surface area contributed by atoms with E-state index in [1.807, 2.05) is 38.1 Å². The predicted molar refractivity (Wildman–Crippen MR) is 72.7 cm³/mol. The molecule has 3 N–H and O–H groups in total. The minimum Gasteiger partial charge on any atom is -0.383 e. The molecule has 0 saturated carbocycles. The Morgan fingerprint density at radius 2 is 1.93 bits per heavy atom. The molecule has 0 atom stereocenters. The molecule has 0 aliphatic carbocycles. The molecule has 1 rings (SSSR count). The summed E-state index contributed by atoms with van der Waals surface area (Å²) in [5.74, 6) is 0. The molecule has 0 spiro atoms. The van der Waals surface area contributed by atoms with E-state index in [4.69, 9.17) is 17.3 Å². The maximum Gasteiger partial charge on any atom is 0.0426 e. The minimum atomic E-state index is -0.206. The van der Waals surface area contributed by atoms with Gasteiger partial charge in [0.05, 0.1) is 0 Å². The molecule has 1 aromatic carbocycles. The zero-order valence-corrected chi connectivity index (χ0v) is 11.2. The number of rotatable bonds is 3. The van der Waals surface area contributed by atoms with Gasteiger partial charge in [-0.15, -0.1) is 24.8 Å². The van der Waals surface area contributed by atoms with E-state index in [0.717, 1.165) is 17.3 Å². The maximum atomic E-state index is 5.83. The Kier molecular flexibility index (Phi) is 8.25. The van der Waals surface area contributed by atoms with Crippen LogP contribution in [0.2, 0.25) is 5.02 Å². The highest BCUT2D eigenvalue weighted by atomic mass is 35.5. The number of benzene rings is 1. The molecule has 0 fully saturated rings. The van der Waals surface area contributed by atoms with E-state index in [0.29, 0.717) is 0 Å². The highest BCUT2D eigenvalue weighted by molar-refractivity contribution is 6.30. The second kappa shape index (κ2) is 7.18. The summed E-state index contributed by atoms with van der Waals surface area (Å²) in [5.41, 5.74) is 6.63. The van der Waals surface area contributed by atoms with Gasteiger partial charge < -0.3 is 11.1 Å². The summed E-state index contributed by atoms with van der Waals surface area (Å²) >= 11 is 5.82. The number of nitrogens with two attached hydrogens (primary N) is 1. The van der Waals surface area contributed by atoms with E-state index in [2.05, 4.69) is 5.32 Å². The lowest BCUT2D eigenvalue weighted by Crippen LogP contribution is -2.39. The summed E-state index contributed by atoms with van der Waals surface area (Å²) in [4.78, 5) is 0. The normalized spacial score (nSPS) is 9.87. The number of halogens is 3. The third-order valence-corrected chi connectivity index (χ3v) is 1.81. The quantitative estimate of drug-likeness (QED) is 0.885. The lowest BCUT2D eigenvalue weighted by Gasteiger charge is -2.19. The fourth-order valence-corrected chi connectivity index (χ4v) is 1.12. The second-order valence-electron chi connectivity index (χ2n) is 3.85. The minimum absolute atomic E-state index is 0. The maximum absolute atomic E-state index is 5.83. The zero-order chi connectivity index (χ0) is 9.90. The summed E-state index contributed by atoms with van der Waals surface area (Å²) in [7, 11) is 0. The molecular formula is C10H17Cl3N2. The summed E-state index contributed by atoms with van der Waals surface area (Å²) in [6, 6.07) is 7.61. The third kappa shape index (κ3) is 7.74. The number of hydrogen-bond acceptors (Lipinski definition) is 2. The highest BCUT2D eigenvalue weighted by Gasteiger charge is 2.09. The van der Waals surface area contributed by atoms with Crippen molar-refractivity contribution >= 4 is 42.1 Å². The standard InChI is InChI=1S/C10H15ClN2.2ClH/c1-10(2,12)7-13-9-5-3-4-8(11)6-9;;/h3-6,13H,7,12H2,1-2H3;2*1H. The van der Waals surface area contributed by atoms with E-state index in [-0.39, 0.29) is 30.4 Å². The molecule has 0 saturated heterocycles. The Bertz CT molecular complexity index is 284. The van der Waals surface area contributed by atoms with Gasteiger partial charge in [-0.2, -0.15) is 0 Å². The predicted octanol–water partition coefficient (Wildman–Crippen LogP) is 3.33. The van der Waals surface area contributed by atoms with Crippen molar-refractivity contribution in [2.24, 2.45) is 5.73 Å². The molecule has 88 valence electrons. The largest absolute Gasteiger partial charge is 0.383 e. The van der Waals surface area contributed by atoms with Crippen LogP contribution in [-0.2, 0) is 0 Å². The summed E-state index contributed by atoms with van der Waals surface area (Å²) in [5, 5.41) is 3.95. The fraction of sp³-hybridized carbons (Fsp3) is 0.400. The van der Waals surface area contributed by atoms with Gasteiger partial charge in [0.25, 0.3) is 0 Å². The molecule has 0 aliphatic rings. The highest BCUT2D eigenvalue weighted by Crippen LogP contribution is 2.15. The molecule has 0 amide bonds. The van der Waals surface area contributed by atoms with Crippen LogP contribution in [0.15, 0.2) is 24.3 Å². The van der Waals surface area contributed by atoms with Gasteiger partial charge in [0.15, 0.2) is 0 Å². The zero-order valence-electron chi connectivity index (χ0n) is 8.79. The van der Waals surface area contributed by atoms with Gasteiger partial charge in [0.2, 0.25) is 0 Å². The third-order valence-electron chi connectivity index (χ3n) is 1.57. The topological polar surface area (TPSA) is 38.0 Å². The van der Waals surface area contributed by atoms with Gasteiger partial charge in [-0.3, -0.25) is 0 Å². The molecule has 0 heterocycles. The first-order chi connectivity index (χ1) is 5.97. The fourth-order valence-electron chi connectivity index (χ4n) is 0.928. The first-order valence-electron chi connectivity index (χ1n) is 4.26. The van der Waals surface area contributed by atoms with Crippen LogP contribution >= 0.6 is 36.4 Å². The molecular weight excluding hydrogens is 254 g/mol. The van der Waals surface area contributed by atoms with Crippen molar-refractivity contribution < 1.29 is 0 Å². The summed E-state index contributed by atoms with van der Waals surface area (Å²) < 4.78 is 0. The first kappa shape index (κ1) is 17.3. The first-order valence-corrected chi connectivity index (χ1v) is 4.63. The van der Waals surface area contributed by atoms with Crippen LogP contribution in [0.25, 0.3) is 0 Å². The van der Waals surface area contributed by atoms with Gasteiger partial charge in [0.1, 0.15) is 0 Å². The van der Waals surface area contributed by atoms with Crippen LogP contribution < -0.4 is 11.1 Å². The Morgan fingerprint density at radius 1 is 1.33 bits per heavy atom. The molecule has 5 heteroatoms. The van der Waals surface area contributed by atoms with Gasteiger partial charge in [-0.1, -0.05) is 17.7 Å². The van der Waals surface area contributed by atoms with Crippen LogP contribution in [0.4, 0.5) is 5.69 Å². The van der Waals surface area contributed by atoms with Crippen molar-refractivity contribution in [3.8, 4) is 0 Å². The lowest BCUT2D eigenvalue weighted by atomic mass is 10.1. The van der Waals surface area contributed by atoms with Crippen molar-refractivity contribution in [3.63, 3.8) is 0 Å². The summed E-state index contributed by atoms with van der Waals surface area (Å²) in [6.45, 7) is 4.68. The molecule has 0 aliphatic heterocycles. The van der Waals surface area contributed by atoms with Gasteiger partial charge in [-0.05, 0) is 32.0 Å². The Hall–Kier alpha value is -0.150. The molecule has 0 unspecified atom stereocenters. The Labute approximate surface area is 108 Å². The number of anilines is 1. The number of hydrogen-bond donors (Lipinski definition) is 2. The van der Waals surface area contributed by atoms with Crippen molar-refractivity contribution in [1.29, 1.82) is 0 Å². The van der Waals surface area contributed by atoms with Gasteiger partial charge in [-0.25, -0.2) is 0 Å². The average Bonchev–Trinajstić information content (AvgIpc) is 2.00. The van der Waals surface area contributed by atoms with E-state index >= 15 is 0 Å². The Morgan fingerprint density at radius 3 is 2.40 bits per heavy atom. The van der Waals surface area contributed by atoms with E-state index in [1.165, 1.54) is 0 Å². The smallest absolute Gasteiger partial charge is 0.0426 e. The van der Waals surface area contributed by atoms with Crippen molar-refractivity contribution in [2.75, 3.05) is 11.9 Å². The molecule has 15 heavy (non-hydrogen) atoms. The van der Waals surface area contributed by atoms with Crippen LogP contribution in [-0.4, -0.2) is 12.1 Å². The van der Waals surface area contributed by atoms with Crippen LogP contribution in [0, 0.1) is 0 Å². The van der Waals surface area contributed by atoms with Crippen LogP contribution in [0.5, 0.6) is 0 Å². The van der Waals surface area contributed by atoms with Gasteiger partial charge >= 0.3 is 0 Å². The van der Waals surface area contributed by atoms with Crippen LogP contribution in [0.3, 0.4) is 0 Å². The van der Waals surface area contributed by atoms with E-state index in [9.17, 15) is 0 Å². The van der Waals surface area contributed by atoms with Crippen LogP contribution in [0.1, 0.15) is 13.8 Å². The van der Waals surface area contributed by atoms with E-state index in [1.54, 1.807) is 0 Å². The van der Waals surface area contributed by atoms with Crippen molar-refractivity contribution in [2.45, 2.75) is 19.4 Å². The average molecular weight is 272 g/mol. The molecule has 2 nitrogen and oxygen atoms in total. The monoisotopic (exact) mass is 270 g/mol. The SMILES string of the molecule is CC(C)(N)CNc1cccc(Cl)c1.Cl.Cl. The van der Waals surface area contributed by atoms with Crippen molar-refractivity contribution in [3.05, 3.63) is 29.3 Å². The van der Waals surface area contributed by atoms with E-state index < -0.39 is 0 Å². The molecule has 1 aromatic rings. The lowest BCUT2D eigenvalue weighted by molar-refractivity contribution is 0.549. The van der Waals surface area contributed by atoms with Crippen molar-refractivity contribution in [1.82, 2.24) is 0 Å². The summed E-state index contributed by atoms with van der Waals surface area (Å²) in [6.07, 6.45) is 0. The van der Waals surface area contributed by atoms with Gasteiger partial charge in [0, 0.05) is 22.8 Å². The Balaban J connectivity index is 0. The second-order valence-corrected chi connectivity index (χ2v) is 4.29. The molecule has 0 aromatic heterocycles. The molecule has 0 radical (unpaired) electrons. The number of nitrogens with one attached hydrogen (secondary N) is 1.